The van der Waals surface area contributed by atoms with Crippen molar-refractivity contribution in [1.29, 1.82) is 0 Å². The predicted octanol–water partition coefficient (Wildman–Crippen LogP) is 4.97. The Morgan fingerprint density at radius 3 is 2.60 bits per heavy atom. The lowest BCUT2D eigenvalue weighted by Gasteiger charge is -2.28. The fourth-order valence-electron chi connectivity index (χ4n) is 2.53. The molecule has 1 N–H and O–H groups in total. The molecule has 2 aromatic rings. The fourth-order valence-corrected chi connectivity index (χ4v) is 3.09. The fraction of sp³-hybridized carbons (Fsp3) is 0.200. The van der Waals surface area contributed by atoms with Crippen LogP contribution in [0.15, 0.2) is 34.8 Å². The Kier molecular flexibility index (Phi) is 3.46. The Morgan fingerprint density at radius 2 is 1.85 bits per heavy atom. The van der Waals surface area contributed by atoms with E-state index in [0.29, 0.717) is 29.7 Å². The van der Waals surface area contributed by atoms with Crippen LogP contribution in [-0.4, -0.2) is 0 Å². The molecule has 104 valence electrons. The number of aryl methyl sites for hydroxylation is 1. The van der Waals surface area contributed by atoms with E-state index in [0.717, 1.165) is 0 Å². The van der Waals surface area contributed by atoms with Crippen molar-refractivity contribution >= 4 is 21.6 Å². The molecule has 1 atom stereocenters. The molecule has 1 aliphatic heterocycles. The molecule has 0 saturated carbocycles. The zero-order chi connectivity index (χ0) is 14.3. The summed E-state index contributed by atoms with van der Waals surface area (Å²) in [5, 5.41) is 3.10. The summed E-state index contributed by atoms with van der Waals surface area (Å²) in [6.07, 6.45) is 1.20. The van der Waals surface area contributed by atoms with E-state index in [1.807, 2.05) is 0 Å². The first-order valence-corrected chi connectivity index (χ1v) is 7.04. The average molecular weight is 342 g/mol. The summed E-state index contributed by atoms with van der Waals surface area (Å²) in [6.45, 7) is 0. The molecule has 0 radical (unpaired) electrons. The Labute approximate surface area is 122 Å². The van der Waals surface area contributed by atoms with Gasteiger partial charge in [-0.2, -0.15) is 0 Å². The second kappa shape index (κ2) is 5.13. The van der Waals surface area contributed by atoms with Gasteiger partial charge in [-0.05, 0) is 46.5 Å². The molecule has 0 aliphatic carbocycles. The second-order valence-electron chi connectivity index (χ2n) is 4.78. The summed E-state index contributed by atoms with van der Waals surface area (Å²) >= 11 is 3.06. The van der Waals surface area contributed by atoms with Crippen LogP contribution in [0.4, 0.5) is 18.9 Å². The zero-order valence-electron chi connectivity index (χ0n) is 10.4. The number of fused-ring (bicyclic) bond motifs is 1. The van der Waals surface area contributed by atoms with Crippen molar-refractivity contribution in [3.05, 3.63) is 63.4 Å². The van der Waals surface area contributed by atoms with Gasteiger partial charge in [-0.3, -0.25) is 0 Å². The highest BCUT2D eigenvalue weighted by Gasteiger charge is 2.25. The second-order valence-corrected chi connectivity index (χ2v) is 5.57. The molecule has 0 bridgehead atoms. The zero-order valence-corrected chi connectivity index (χ0v) is 12.0. The minimum Gasteiger partial charge on any atom is -0.377 e. The first kappa shape index (κ1) is 13.5. The van der Waals surface area contributed by atoms with E-state index >= 15 is 0 Å². The van der Waals surface area contributed by atoms with Crippen molar-refractivity contribution in [2.24, 2.45) is 0 Å². The molecule has 3 rings (SSSR count). The summed E-state index contributed by atoms with van der Waals surface area (Å²) in [6, 6.07) is 7.43. The first-order valence-electron chi connectivity index (χ1n) is 6.25. The average Bonchev–Trinajstić information content (AvgIpc) is 2.45. The topological polar surface area (TPSA) is 12.0 Å². The van der Waals surface area contributed by atoms with Crippen LogP contribution >= 0.6 is 15.9 Å². The van der Waals surface area contributed by atoms with Crippen molar-refractivity contribution in [1.82, 2.24) is 0 Å². The van der Waals surface area contributed by atoms with Crippen molar-refractivity contribution in [2.75, 3.05) is 5.32 Å². The number of nitrogens with one attached hydrogen (secondary N) is 1. The van der Waals surface area contributed by atoms with E-state index in [9.17, 15) is 13.2 Å². The third-order valence-electron chi connectivity index (χ3n) is 3.55. The number of anilines is 1. The van der Waals surface area contributed by atoms with E-state index < -0.39 is 11.6 Å². The van der Waals surface area contributed by atoms with Crippen LogP contribution in [0.1, 0.15) is 23.6 Å². The van der Waals surface area contributed by atoms with E-state index in [1.165, 1.54) is 12.1 Å². The number of hydrogen-bond acceptors (Lipinski definition) is 1. The van der Waals surface area contributed by atoms with Gasteiger partial charge < -0.3 is 5.32 Å². The normalized spacial score (nSPS) is 17.5. The highest BCUT2D eigenvalue weighted by atomic mass is 79.9. The molecule has 0 saturated heterocycles. The highest BCUT2D eigenvalue weighted by Crippen LogP contribution is 2.39. The molecule has 5 heteroatoms. The molecule has 1 nitrogen and oxygen atoms in total. The summed E-state index contributed by atoms with van der Waals surface area (Å²) in [5.74, 6) is -2.10. The van der Waals surface area contributed by atoms with Crippen LogP contribution in [0.25, 0.3) is 0 Å². The number of benzene rings is 2. The maximum absolute atomic E-state index is 13.8. The Morgan fingerprint density at radius 1 is 1.10 bits per heavy atom. The number of hydrogen-bond donors (Lipinski definition) is 1. The lowest BCUT2D eigenvalue weighted by Crippen LogP contribution is -2.20. The summed E-state index contributed by atoms with van der Waals surface area (Å²) in [7, 11) is 0. The van der Waals surface area contributed by atoms with Gasteiger partial charge in [-0.25, -0.2) is 13.2 Å². The van der Waals surface area contributed by atoms with E-state index in [2.05, 4.69) is 21.2 Å². The van der Waals surface area contributed by atoms with Crippen molar-refractivity contribution in [3.63, 3.8) is 0 Å². The van der Waals surface area contributed by atoms with Crippen LogP contribution in [0, 0.1) is 17.5 Å². The van der Waals surface area contributed by atoms with Gasteiger partial charge in [0.1, 0.15) is 5.82 Å². The maximum Gasteiger partial charge on any atom is 0.175 e. The van der Waals surface area contributed by atoms with Crippen molar-refractivity contribution in [2.45, 2.75) is 18.9 Å². The number of halogens is 4. The predicted molar refractivity (Wildman–Crippen MR) is 75.1 cm³/mol. The van der Waals surface area contributed by atoms with E-state index in [-0.39, 0.29) is 16.3 Å². The monoisotopic (exact) mass is 341 g/mol. The Balaban J connectivity index is 2.00. The van der Waals surface area contributed by atoms with Gasteiger partial charge in [0.05, 0.1) is 16.2 Å². The largest absolute Gasteiger partial charge is 0.377 e. The van der Waals surface area contributed by atoms with Crippen LogP contribution < -0.4 is 5.32 Å². The third-order valence-corrected chi connectivity index (χ3v) is 4.29. The lowest BCUT2D eigenvalue weighted by atomic mass is 9.93. The molecular weight excluding hydrogens is 331 g/mol. The molecule has 20 heavy (non-hydrogen) atoms. The molecule has 0 spiro atoms. The molecule has 1 aliphatic rings. The summed E-state index contributed by atoms with van der Waals surface area (Å²) < 4.78 is 40.8. The molecule has 2 aromatic carbocycles. The van der Waals surface area contributed by atoms with Crippen LogP contribution in [-0.2, 0) is 6.42 Å². The van der Waals surface area contributed by atoms with Gasteiger partial charge >= 0.3 is 0 Å². The molecule has 1 heterocycles. The van der Waals surface area contributed by atoms with E-state index in [1.54, 1.807) is 18.2 Å². The third kappa shape index (κ3) is 2.20. The lowest BCUT2D eigenvalue weighted by molar-refractivity contribution is 0.499. The van der Waals surface area contributed by atoms with Crippen LogP contribution in [0.5, 0.6) is 0 Å². The van der Waals surface area contributed by atoms with E-state index in [4.69, 9.17) is 0 Å². The van der Waals surface area contributed by atoms with Crippen molar-refractivity contribution < 1.29 is 13.2 Å². The minimum atomic E-state index is -0.926. The first-order chi connectivity index (χ1) is 9.58. The van der Waals surface area contributed by atoms with Gasteiger partial charge in [0, 0.05) is 5.56 Å². The molecule has 0 aromatic heterocycles. The van der Waals surface area contributed by atoms with Gasteiger partial charge in [0.15, 0.2) is 11.6 Å². The SMILES string of the molecule is Fc1ccccc1C1CCc2cc(F)c(F)c(Br)c2N1. The van der Waals surface area contributed by atoms with Gasteiger partial charge in [0.2, 0.25) is 0 Å². The maximum atomic E-state index is 13.8. The molecule has 0 amide bonds. The van der Waals surface area contributed by atoms with Gasteiger partial charge in [0.25, 0.3) is 0 Å². The number of rotatable bonds is 1. The Bertz CT molecular complexity index is 672. The standard InChI is InChI=1S/C15H11BrF3N/c16-13-14(19)11(18)7-8-5-6-12(20-15(8)13)9-3-1-2-4-10(9)17/h1-4,7,12,20H,5-6H2. The van der Waals surface area contributed by atoms with Crippen LogP contribution in [0.2, 0.25) is 0 Å². The quantitative estimate of drug-likeness (QED) is 0.722. The van der Waals surface area contributed by atoms with Gasteiger partial charge in [-0.1, -0.05) is 18.2 Å². The smallest absolute Gasteiger partial charge is 0.175 e. The summed E-state index contributed by atoms with van der Waals surface area (Å²) in [4.78, 5) is 0. The Hall–Kier alpha value is -1.49. The van der Waals surface area contributed by atoms with Gasteiger partial charge in [-0.15, -0.1) is 0 Å². The molecular formula is C15H11BrF3N. The molecule has 0 fully saturated rings. The van der Waals surface area contributed by atoms with Crippen LogP contribution in [0.3, 0.4) is 0 Å². The highest BCUT2D eigenvalue weighted by molar-refractivity contribution is 9.10. The minimum absolute atomic E-state index is 0.0635. The summed E-state index contributed by atoms with van der Waals surface area (Å²) in [5.41, 5.74) is 1.74. The van der Waals surface area contributed by atoms with Crippen molar-refractivity contribution in [3.8, 4) is 0 Å². The molecule has 1 unspecified atom stereocenters.